The third-order valence-corrected chi connectivity index (χ3v) is 4.01. The van der Waals surface area contributed by atoms with Crippen LogP contribution in [0.25, 0.3) is 11.3 Å². The minimum atomic E-state index is -0.247. The van der Waals surface area contributed by atoms with Crippen molar-refractivity contribution in [1.29, 1.82) is 0 Å². The molecule has 2 heterocycles. The summed E-state index contributed by atoms with van der Waals surface area (Å²) in [5, 5.41) is 7.48. The highest BCUT2D eigenvalue weighted by atomic mass is 35.5. The van der Waals surface area contributed by atoms with E-state index >= 15 is 0 Å². The second-order valence-electron chi connectivity index (χ2n) is 5.60. The van der Waals surface area contributed by atoms with Gasteiger partial charge in [0.05, 0.1) is 11.3 Å². The van der Waals surface area contributed by atoms with E-state index in [4.69, 9.17) is 20.5 Å². The lowest BCUT2D eigenvalue weighted by molar-refractivity contribution is 0.0938. The predicted molar refractivity (Wildman–Crippen MR) is 91.0 cm³/mol. The first-order chi connectivity index (χ1) is 11.6. The minimum absolute atomic E-state index is 0.1000. The second-order valence-corrected chi connectivity index (χ2v) is 6.01. The maximum Gasteiger partial charge on any atom is 0.257 e. The lowest BCUT2D eigenvalue weighted by atomic mass is 10.0. The molecule has 124 valence electrons. The fraction of sp³-hybridized carbons (Fsp3) is 0.222. The van der Waals surface area contributed by atoms with Gasteiger partial charge < -0.3 is 14.3 Å². The van der Waals surface area contributed by atoms with Gasteiger partial charge in [0, 0.05) is 18.0 Å². The third-order valence-electron chi connectivity index (χ3n) is 3.68. The number of halogens is 1. The Labute approximate surface area is 144 Å². The Bertz CT molecular complexity index is 840. The van der Waals surface area contributed by atoms with Crippen LogP contribution < -0.4 is 5.32 Å². The number of carbonyl (C=O) groups excluding carboxylic acids is 1. The summed E-state index contributed by atoms with van der Waals surface area (Å²) in [5.41, 5.74) is 1.51. The number of hydrogen-bond acceptors (Lipinski definition) is 4. The van der Waals surface area contributed by atoms with Crippen molar-refractivity contribution >= 4 is 17.5 Å². The van der Waals surface area contributed by atoms with Crippen LogP contribution in [0.2, 0.25) is 5.02 Å². The molecule has 0 saturated carbocycles. The molecule has 0 aliphatic carbocycles. The number of furan rings is 1. The molecule has 0 spiro atoms. The summed E-state index contributed by atoms with van der Waals surface area (Å²) < 4.78 is 10.5. The first-order valence-corrected chi connectivity index (χ1v) is 7.98. The summed E-state index contributed by atoms with van der Waals surface area (Å²) in [6.07, 6.45) is 2.22. The van der Waals surface area contributed by atoms with Crippen LogP contribution in [0.1, 0.15) is 28.8 Å². The normalized spacial score (nSPS) is 12.1. The molecule has 0 aliphatic heterocycles. The fourth-order valence-electron chi connectivity index (χ4n) is 2.55. The quantitative estimate of drug-likeness (QED) is 0.751. The average molecular weight is 345 g/mol. The molecule has 1 N–H and O–H groups in total. The van der Waals surface area contributed by atoms with Crippen molar-refractivity contribution in [2.75, 3.05) is 0 Å². The van der Waals surface area contributed by atoms with Crippen molar-refractivity contribution in [1.82, 2.24) is 10.5 Å². The first-order valence-electron chi connectivity index (χ1n) is 7.60. The molecule has 3 aromatic rings. The summed E-state index contributed by atoms with van der Waals surface area (Å²) in [7, 11) is 0. The number of nitrogens with zero attached hydrogens (tertiary/aromatic N) is 1. The minimum Gasteiger partial charge on any atom is -0.469 e. The molecule has 2 aromatic heterocycles. The molecule has 3 rings (SSSR count). The third kappa shape index (κ3) is 3.36. The van der Waals surface area contributed by atoms with E-state index in [-0.39, 0.29) is 11.9 Å². The topological polar surface area (TPSA) is 68.3 Å². The van der Waals surface area contributed by atoms with E-state index in [0.717, 1.165) is 5.76 Å². The van der Waals surface area contributed by atoms with Gasteiger partial charge in [0.15, 0.2) is 0 Å². The fourth-order valence-corrected chi connectivity index (χ4v) is 2.78. The van der Waals surface area contributed by atoms with Crippen molar-refractivity contribution in [2.45, 2.75) is 26.3 Å². The molecule has 0 aliphatic rings. The number of benzene rings is 1. The van der Waals surface area contributed by atoms with E-state index in [9.17, 15) is 4.79 Å². The van der Waals surface area contributed by atoms with Crippen molar-refractivity contribution in [2.24, 2.45) is 0 Å². The maximum absolute atomic E-state index is 12.7. The molecule has 5 nitrogen and oxygen atoms in total. The Kier molecular flexibility index (Phi) is 4.71. The van der Waals surface area contributed by atoms with Gasteiger partial charge in [-0.1, -0.05) is 35.0 Å². The molecule has 1 atom stereocenters. The van der Waals surface area contributed by atoms with Gasteiger partial charge in [0.2, 0.25) is 0 Å². The smallest absolute Gasteiger partial charge is 0.257 e. The summed E-state index contributed by atoms with van der Waals surface area (Å²) in [4.78, 5) is 12.7. The van der Waals surface area contributed by atoms with Crippen LogP contribution in [0.15, 0.2) is 51.6 Å². The monoisotopic (exact) mass is 344 g/mol. The van der Waals surface area contributed by atoms with Gasteiger partial charge in [-0.3, -0.25) is 4.79 Å². The first kappa shape index (κ1) is 16.3. The van der Waals surface area contributed by atoms with Crippen LogP contribution >= 0.6 is 11.6 Å². The molecule has 0 saturated heterocycles. The van der Waals surface area contributed by atoms with E-state index in [1.54, 1.807) is 19.3 Å². The maximum atomic E-state index is 12.7. The van der Waals surface area contributed by atoms with Gasteiger partial charge in [-0.25, -0.2) is 0 Å². The van der Waals surface area contributed by atoms with Gasteiger partial charge in [0.1, 0.15) is 22.8 Å². The van der Waals surface area contributed by atoms with E-state index in [2.05, 4.69) is 10.5 Å². The highest BCUT2D eigenvalue weighted by Gasteiger charge is 2.24. The zero-order chi connectivity index (χ0) is 17.1. The molecule has 0 bridgehead atoms. The highest BCUT2D eigenvalue weighted by Crippen LogP contribution is 2.30. The van der Waals surface area contributed by atoms with Crippen LogP contribution in [0, 0.1) is 6.92 Å². The Morgan fingerprint density at radius 3 is 2.79 bits per heavy atom. The number of carbonyl (C=O) groups is 1. The molecule has 0 fully saturated rings. The number of aromatic nitrogens is 1. The van der Waals surface area contributed by atoms with Gasteiger partial charge in [0.25, 0.3) is 5.91 Å². The zero-order valence-corrected chi connectivity index (χ0v) is 14.1. The molecule has 6 heteroatoms. The molecule has 24 heavy (non-hydrogen) atoms. The van der Waals surface area contributed by atoms with Crippen molar-refractivity contribution in [3.8, 4) is 11.3 Å². The standard InChI is InChI=1S/C18H17ClN2O3/c1-11(10-13-6-5-9-23-13)20-18(22)16-12(2)24-21-17(16)14-7-3-4-8-15(14)19/h3-9,11H,10H2,1-2H3,(H,20,22). The Hall–Kier alpha value is -2.53. The van der Waals surface area contributed by atoms with Gasteiger partial charge in [-0.2, -0.15) is 0 Å². The molecular formula is C18H17ClN2O3. The van der Waals surface area contributed by atoms with E-state index in [0.29, 0.717) is 34.0 Å². The van der Waals surface area contributed by atoms with Gasteiger partial charge in [-0.15, -0.1) is 0 Å². The van der Waals surface area contributed by atoms with E-state index in [1.165, 1.54) is 0 Å². The van der Waals surface area contributed by atoms with Crippen LogP contribution in [0.5, 0.6) is 0 Å². The number of rotatable bonds is 5. The Balaban J connectivity index is 1.83. The molecule has 1 aromatic carbocycles. The summed E-state index contributed by atoms with van der Waals surface area (Å²) in [5.74, 6) is 1.02. The summed E-state index contributed by atoms with van der Waals surface area (Å²) in [6, 6.07) is 10.8. The van der Waals surface area contributed by atoms with Crippen molar-refractivity contribution < 1.29 is 13.7 Å². The summed E-state index contributed by atoms with van der Waals surface area (Å²) >= 11 is 6.22. The number of hydrogen-bond donors (Lipinski definition) is 1. The number of amides is 1. The highest BCUT2D eigenvalue weighted by molar-refractivity contribution is 6.33. The number of nitrogens with one attached hydrogen (secondary N) is 1. The zero-order valence-electron chi connectivity index (χ0n) is 13.4. The van der Waals surface area contributed by atoms with E-state index in [1.807, 2.05) is 37.3 Å². The van der Waals surface area contributed by atoms with Crippen molar-refractivity contribution in [3.05, 3.63) is 64.8 Å². The predicted octanol–water partition coefficient (Wildman–Crippen LogP) is 4.26. The Morgan fingerprint density at radius 2 is 2.08 bits per heavy atom. The lowest BCUT2D eigenvalue weighted by Crippen LogP contribution is -2.34. The summed E-state index contributed by atoms with van der Waals surface area (Å²) in [6.45, 7) is 3.62. The van der Waals surface area contributed by atoms with Crippen LogP contribution in [0.4, 0.5) is 0 Å². The lowest BCUT2D eigenvalue weighted by Gasteiger charge is -2.13. The molecule has 1 unspecified atom stereocenters. The average Bonchev–Trinajstić information content (AvgIpc) is 3.17. The largest absolute Gasteiger partial charge is 0.469 e. The van der Waals surface area contributed by atoms with Crippen LogP contribution in [0.3, 0.4) is 0 Å². The van der Waals surface area contributed by atoms with Gasteiger partial charge in [-0.05, 0) is 32.0 Å². The Morgan fingerprint density at radius 1 is 1.29 bits per heavy atom. The van der Waals surface area contributed by atoms with Gasteiger partial charge >= 0.3 is 0 Å². The SMILES string of the molecule is Cc1onc(-c2ccccc2Cl)c1C(=O)NC(C)Cc1ccco1. The van der Waals surface area contributed by atoms with Crippen molar-refractivity contribution in [3.63, 3.8) is 0 Å². The van der Waals surface area contributed by atoms with Crippen LogP contribution in [-0.2, 0) is 6.42 Å². The molecular weight excluding hydrogens is 328 g/mol. The second kappa shape index (κ2) is 6.93. The molecule has 0 radical (unpaired) electrons. The number of aryl methyl sites for hydroxylation is 1. The van der Waals surface area contributed by atoms with Crippen LogP contribution in [-0.4, -0.2) is 17.1 Å². The molecule has 1 amide bonds. The van der Waals surface area contributed by atoms with E-state index < -0.39 is 0 Å².